The molecule has 4 atom stereocenters. The minimum Gasteiger partial charge on any atom is -0.376 e. The number of hydrogen-bond donors (Lipinski definition) is 1. The molecule has 0 bridgehead atoms. The molecule has 4 nitrogen and oxygen atoms in total. The molecule has 4 unspecified atom stereocenters. The van der Waals surface area contributed by atoms with E-state index in [4.69, 9.17) is 9.47 Å². The van der Waals surface area contributed by atoms with Gasteiger partial charge in [-0.1, -0.05) is 0 Å². The Kier molecular flexibility index (Phi) is 6.41. The summed E-state index contributed by atoms with van der Waals surface area (Å²) in [7, 11) is 2.14. The molecule has 102 valence electrons. The normalized spacial score (nSPS) is 39.4. The van der Waals surface area contributed by atoms with Crippen molar-refractivity contribution in [3.8, 4) is 0 Å². The molecule has 2 aliphatic heterocycles. The number of ether oxygens (including phenoxy) is 2. The summed E-state index contributed by atoms with van der Waals surface area (Å²) >= 11 is 0. The Bertz CT molecular complexity index is 194. The number of nitrogens with zero attached hydrogens (tertiary/aromatic N) is 1. The van der Waals surface area contributed by atoms with E-state index >= 15 is 0 Å². The van der Waals surface area contributed by atoms with Crippen molar-refractivity contribution in [3.05, 3.63) is 0 Å². The predicted molar refractivity (Wildman–Crippen MR) is 70.4 cm³/mol. The van der Waals surface area contributed by atoms with Crippen LogP contribution in [0, 0.1) is 0 Å². The largest absolute Gasteiger partial charge is 0.376 e. The van der Waals surface area contributed by atoms with E-state index < -0.39 is 0 Å². The first-order valence-electron chi connectivity index (χ1n) is 6.69. The Morgan fingerprint density at radius 3 is 2.06 bits per heavy atom. The molecule has 0 radical (unpaired) electrons. The van der Waals surface area contributed by atoms with Gasteiger partial charge < -0.3 is 14.8 Å². The van der Waals surface area contributed by atoms with E-state index in [1.165, 1.54) is 0 Å². The quantitative estimate of drug-likeness (QED) is 0.692. The second-order valence-electron chi connectivity index (χ2n) is 5.12. The molecule has 2 aliphatic rings. The van der Waals surface area contributed by atoms with Gasteiger partial charge in [0.05, 0.1) is 25.4 Å². The van der Waals surface area contributed by atoms with Crippen LogP contribution in [0.25, 0.3) is 0 Å². The van der Waals surface area contributed by atoms with Crippen molar-refractivity contribution in [3.63, 3.8) is 0 Å². The third kappa shape index (κ3) is 4.92. The molecule has 1 N–H and O–H groups in total. The van der Waals surface area contributed by atoms with Crippen LogP contribution in [0.2, 0.25) is 0 Å². The molecular formula is C13H28N2O2. The second-order valence-corrected chi connectivity index (χ2v) is 5.12. The van der Waals surface area contributed by atoms with Crippen molar-refractivity contribution < 1.29 is 9.47 Å². The Labute approximate surface area is 106 Å². The number of likely N-dealkylation sites (N-methyl/N-ethyl adjacent to an activating group) is 1. The molecular weight excluding hydrogens is 216 g/mol. The fourth-order valence-corrected chi connectivity index (χ4v) is 1.93. The first-order valence-corrected chi connectivity index (χ1v) is 6.69. The third-order valence-electron chi connectivity index (χ3n) is 3.85. The van der Waals surface area contributed by atoms with E-state index in [1.54, 1.807) is 0 Å². The molecule has 0 aromatic carbocycles. The Morgan fingerprint density at radius 2 is 1.65 bits per heavy atom. The molecule has 0 aromatic heterocycles. The second kappa shape index (κ2) is 7.31. The number of rotatable bonds is 0. The lowest BCUT2D eigenvalue weighted by atomic mass is 10.1. The van der Waals surface area contributed by atoms with E-state index in [0.29, 0.717) is 24.3 Å². The zero-order valence-electron chi connectivity index (χ0n) is 11.9. The van der Waals surface area contributed by atoms with E-state index in [9.17, 15) is 0 Å². The maximum absolute atomic E-state index is 5.42. The van der Waals surface area contributed by atoms with Crippen molar-refractivity contribution >= 4 is 0 Å². The van der Waals surface area contributed by atoms with E-state index in [0.717, 1.165) is 26.3 Å². The van der Waals surface area contributed by atoms with Gasteiger partial charge in [-0.2, -0.15) is 0 Å². The number of nitrogens with one attached hydrogen (secondary N) is 1. The first-order chi connectivity index (χ1) is 8.02. The van der Waals surface area contributed by atoms with Crippen LogP contribution in [0.3, 0.4) is 0 Å². The number of hydrogen-bond acceptors (Lipinski definition) is 4. The summed E-state index contributed by atoms with van der Waals surface area (Å²) in [5.41, 5.74) is 0. The monoisotopic (exact) mass is 244 g/mol. The Morgan fingerprint density at radius 1 is 1.00 bits per heavy atom. The third-order valence-corrected chi connectivity index (χ3v) is 3.85. The van der Waals surface area contributed by atoms with Gasteiger partial charge in [0, 0.05) is 25.2 Å². The highest BCUT2D eigenvalue weighted by atomic mass is 16.5. The molecule has 2 fully saturated rings. The van der Waals surface area contributed by atoms with Crippen molar-refractivity contribution in [1.82, 2.24) is 10.2 Å². The molecule has 2 rings (SSSR count). The van der Waals surface area contributed by atoms with Crippen molar-refractivity contribution in [2.75, 3.05) is 33.4 Å². The molecule has 2 saturated heterocycles. The molecule has 0 aromatic rings. The smallest absolute Gasteiger partial charge is 0.0699 e. The van der Waals surface area contributed by atoms with Gasteiger partial charge in [-0.25, -0.2) is 0 Å². The van der Waals surface area contributed by atoms with Gasteiger partial charge in [0.25, 0.3) is 0 Å². The van der Waals surface area contributed by atoms with Crippen LogP contribution in [0.1, 0.15) is 27.7 Å². The van der Waals surface area contributed by atoms with Crippen molar-refractivity contribution in [2.24, 2.45) is 0 Å². The van der Waals surface area contributed by atoms with Crippen LogP contribution in [0.15, 0.2) is 0 Å². The van der Waals surface area contributed by atoms with Gasteiger partial charge in [-0.05, 0) is 34.7 Å². The van der Waals surface area contributed by atoms with E-state index in [-0.39, 0.29) is 0 Å². The van der Waals surface area contributed by atoms with Crippen molar-refractivity contribution in [1.29, 1.82) is 0 Å². The summed E-state index contributed by atoms with van der Waals surface area (Å²) in [6.07, 6.45) is 0.799. The standard InChI is InChI=1S/C7H15NO.C6H13NO/c1-6-7(2)9-5-4-8(6)3;1-5-6(2)8-4-3-7-5/h6-7H,4-5H2,1-3H3;5-7H,3-4H2,1-2H3. The molecule has 0 aliphatic carbocycles. The summed E-state index contributed by atoms with van der Waals surface area (Å²) < 4.78 is 10.7. The fourth-order valence-electron chi connectivity index (χ4n) is 1.93. The molecule has 17 heavy (non-hydrogen) atoms. The Hall–Kier alpha value is -0.160. The summed E-state index contributed by atoms with van der Waals surface area (Å²) in [6.45, 7) is 12.4. The first kappa shape index (κ1) is 14.9. The maximum atomic E-state index is 5.42. The molecule has 4 heteroatoms. The highest BCUT2D eigenvalue weighted by Crippen LogP contribution is 2.09. The SMILES string of the molecule is CC1NCCOC1C.CC1OCCN(C)C1C. The number of morpholine rings is 2. The average molecular weight is 244 g/mol. The van der Waals surface area contributed by atoms with Gasteiger partial charge >= 0.3 is 0 Å². The molecule has 0 spiro atoms. The van der Waals surface area contributed by atoms with Gasteiger partial charge in [-0.15, -0.1) is 0 Å². The van der Waals surface area contributed by atoms with E-state index in [2.05, 4.69) is 45.0 Å². The van der Waals surface area contributed by atoms with Crippen LogP contribution in [0.4, 0.5) is 0 Å². The molecule has 0 amide bonds. The maximum Gasteiger partial charge on any atom is 0.0699 e. The van der Waals surface area contributed by atoms with Crippen LogP contribution in [0.5, 0.6) is 0 Å². The fraction of sp³-hybridized carbons (Fsp3) is 1.00. The lowest BCUT2D eigenvalue weighted by Gasteiger charge is -2.34. The van der Waals surface area contributed by atoms with Crippen molar-refractivity contribution in [2.45, 2.75) is 52.0 Å². The van der Waals surface area contributed by atoms with Gasteiger partial charge in [0.15, 0.2) is 0 Å². The van der Waals surface area contributed by atoms with E-state index in [1.807, 2.05) is 0 Å². The zero-order chi connectivity index (χ0) is 12.8. The highest BCUT2D eigenvalue weighted by Gasteiger charge is 2.21. The molecule has 0 saturated carbocycles. The highest BCUT2D eigenvalue weighted by molar-refractivity contribution is 4.74. The van der Waals surface area contributed by atoms with Crippen LogP contribution >= 0.6 is 0 Å². The van der Waals surface area contributed by atoms with Crippen LogP contribution < -0.4 is 5.32 Å². The lowest BCUT2D eigenvalue weighted by molar-refractivity contribution is -0.0448. The van der Waals surface area contributed by atoms with Gasteiger partial charge in [0.2, 0.25) is 0 Å². The summed E-state index contributed by atoms with van der Waals surface area (Å²) in [5.74, 6) is 0. The topological polar surface area (TPSA) is 33.7 Å². The van der Waals surface area contributed by atoms with Crippen LogP contribution in [-0.4, -0.2) is 62.5 Å². The summed E-state index contributed by atoms with van der Waals surface area (Å²) in [4.78, 5) is 2.33. The predicted octanol–water partition coefficient (Wildman–Crippen LogP) is 1.11. The Balaban J connectivity index is 0.000000171. The minimum absolute atomic E-state index is 0.392. The average Bonchev–Trinajstić information content (AvgIpc) is 2.31. The zero-order valence-corrected chi connectivity index (χ0v) is 11.9. The molecule has 2 heterocycles. The summed E-state index contributed by atoms with van der Waals surface area (Å²) in [6, 6.07) is 1.11. The summed E-state index contributed by atoms with van der Waals surface area (Å²) in [5, 5.41) is 3.31. The van der Waals surface area contributed by atoms with Gasteiger partial charge in [-0.3, -0.25) is 4.90 Å². The minimum atomic E-state index is 0.392. The van der Waals surface area contributed by atoms with Gasteiger partial charge in [0.1, 0.15) is 0 Å². The lowest BCUT2D eigenvalue weighted by Crippen LogP contribution is -2.45. The van der Waals surface area contributed by atoms with Crippen LogP contribution in [-0.2, 0) is 9.47 Å².